The van der Waals surface area contributed by atoms with Gasteiger partial charge in [0, 0.05) is 25.7 Å². The first kappa shape index (κ1) is 14.0. The molecular formula is C14H22N2O3. The van der Waals surface area contributed by atoms with Crippen LogP contribution in [0.15, 0.2) is 12.1 Å². The second kappa shape index (κ2) is 6.63. The van der Waals surface area contributed by atoms with Crippen molar-refractivity contribution in [3.05, 3.63) is 17.7 Å². The lowest BCUT2D eigenvalue weighted by Gasteiger charge is -2.25. The minimum absolute atomic E-state index is 0.441. The molecule has 0 radical (unpaired) electrons. The summed E-state index contributed by atoms with van der Waals surface area (Å²) in [6, 6.07) is 4.46. The number of nitrogens with one attached hydrogen (secondary N) is 2. The highest BCUT2D eigenvalue weighted by molar-refractivity contribution is 5.54. The number of hydrogen-bond donors (Lipinski definition) is 2. The van der Waals surface area contributed by atoms with Crippen molar-refractivity contribution in [1.29, 1.82) is 0 Å². The molecule has 1 aliphatic heterocycles. The molecule has 0 bridgehead atoms. The van der Waals surface area contributed by atoms with E-state index in [1.165, 1.54) is 5.56 Å². The number of hydrogen-bond acceptors (Lipinski definition) is 5. The molecule has 2 N–H and O–H groups in total. The Bertz CT molecular complexity index is 392. The number of ether oxygens (including phenoxy) is 3. The predicted octanol–water partition coefficient (Wildman–Crippen LogP) is 0.816. The average molecular weight is 266 g/mol. The molecule has 1 fully saturated rings. The van der Waals surface area contributed by atoms with E-state index in [-0.39, 0.29) is 0 Å². The zero-order valence-corrected chi connectivity index (χ0v) is 11.8. The largest absolute Gasteiger partial charge is 0.493 e. The van der Waals surface area contributed by atoms with E-state index in [0.29, 0.717) is 23.3 Å². The number of methoxy groups -OCH3 is 3. The molecule has 1 aromatic rings. The molecule has 1 saturated heterocycles. The smallest absolute Gasteiger partial charge is 0.203 e. The van der Waals surface area contributed by atoms with Gasteiger partial charge in [-0.05, 0) is 24.1 Å². The monoisotopic (exact) mass is 266 g/mol. The van der Waals surface area contributed by atoms with Crippen LogP contribution < -0.4 is 24.8 Å². The highest BCUT2D eigenvalue weighted by Gasteiger charge is 2.17. The van der Waals surface area contributed by atoms with Crippen LogP contribution in [0.3, 0.4) is 0 Å². The number of rotatable bonds is 5. The van der Waals surface area contributed by atoms with Crippen molar-refractivity contribution < 1.29 is 14.2 Å². The van der Waals surface area contributed by atoms with Gasteiger partial charge in [-0.25, -0.2) is 0 Å². The van der Waals surface area contributed by atoms with E-state index in [4.69, 9.17) is 14.2 Å². The van der Waals surface area contributed by atoms with Crippen molar-refractivity contribution in [1.82, 2.24) is 10.6 Å². The lowest BCUT2D eigenvalue weighted by molar-refractivity contribution is 0.323. The first-order valence-electron chi connectivity index (χ1n) is 6.51. The van der Waals surface area contributed by atoms with E-state index in [2.05, 4.69) is 10.6 Å². The van der Waals surface area contributed by atoms with Gasteiger partial charge < -0.3 is 24.8 Å². The van der Waals surface area contributed by atoms with Crippen LogP contribution in [0, 0.1) is 0 Å². The minimum atomic E-state index is 0.441. The minimum Gasteiger partial charge on any atom is -0.493 e. The van der Waals surface area contributed by atoms with E-state index in [1.807, 2.05) is 12.1 Å². The maximum atomic E-state index is 5.37. The zero-order chi connectivity index (χ0) is 13.7. The third-order valence-corrected chi connectivity index (χ3v) is 3.33. The molecule has 0 spiro atoms. The standard InChI is InChI=1S/C14H22N2O3/c1-17-12-7-10(6-11-9-15-4-5-16-11)8-13(18-2)14(12)19-3/h7-8,11,15-16H,4-6,9H2,1-3H3. The molecule has 0 aromatic heterocycles. The molecule has 5 heteroatoms. The molecule has 106 valence electrons. The van der Waals surface area contributed by atoms with Gasteiger partial charge in [0.15, 0.2) is 11.5 Å². The van der Waals surface area contributed by atoms with Crippen LogP contribution in [0.5, 0.6) is 17.2 Å². The molecule has 1 unspecified atom stereocenters. The van der Waals surface area contributed by atoms with Crippen LogP contribution in [0.25, 0.3) is 0 Å². The van der Waals surface area contributed by atoms with Crippen LogP contribution in [0.1, 0.15) is 5.56 Å². The molecule has 1 aliphatic rings. The van der Waals surface area contributed by atoms with Gasteiger partial charge >= 0.3 is 0 Å². The summed E-state index contributed by atoms with van der Waals surface area (Å²) in [4.78, 5) is 0. The van der Waals surface area contributed by atoms with Gasteiger partial charge in [0.25, 0.3) is 0 Å². The van der Waals surface area contributed by atoms with Crippen LogP contribution in [0.2, 0.25) is 0 Å². The topological polar surface area (TPSA) is 51.8 Å². The van der Waals surface area contributed by atoms with E-state index >= 15 is 0 Å². The van der Waals surface area contributed by atoms with Gasteiger partial charge in [-0.3, -0.25) is 0 Å². The van der Waals surface area contributed by atoms with Crippen LogP contribution in [-0.2, 0) is 6.42 Å². The highest BCUT2D eigenvalue weighted by Crippen LogP contribution is 2.38. The molecule has 0 amide bonds. The summed E-state index contributed by atoms with van der Waals surface area (Å²) in [7, 11) is 4.90. The van der Waals surface area contributed by atoms with Crippen LogP contribution in [0.4, 0.5) is 0 Å². The summed E-state index contributed by atoms with van der Waals surface area (Å²) in [5, 5.41) is 6.88. The maximum Gasteiger partial charge on any atom is 0.203 e. The second-order valence-electron chi connectivity index (χ2n) is 4.59. The Morgan fingerprint density at radius 1 is 1.05 bits per heavy atom. The third-order valence-electron chi connectivity index (χ3n) is 3.33. The van der Waals surface area contributed by atoms with E-state index in [0.717, 1.165) is 26.1 Å². The summed E-state index contributed by atoms with van der Waals surface area (Å²) in [5.74, 6) is 2.06. The van der Waals surface area contributed by atoms with Gasteiger partial charge in [0.1, 0.15) is 0 Å². The van der Waals surface area contributed by atoms with Crippen molar-refractivity contribution >= 4 is 0 Å². The van der Waals surface area contributed by atoms with Crippen molar-refractivity contribution in [2.45, 2.75) is 12.5 Å². The van der Waals surface area contributed by atoms with Gasteiger partial charge in [0.2, 0.25) is 5.75 Å². The SMILES string of the molecule is COc1cc(CC2CNCCN2)cc(OC)c1OC. The van der Waals surface area contributed by atoms with Crippen molar-refractivity contribution in [2.24, 2.45) is 0 Å². The third kappa shape index (κ3) is 3.30. The molecular weight excluding hydrogens is 244 g/mol. The Morgan fingerprint density at radius 3 is 2.21 bits per heavy atom. The first-order chi connectivity index (χ1) is 9.28. The Hall–Kier alpha value is -1.46. The highest BCUT2D eigenvalue weighted by atomic mass is 16.5. The molecule has 1 heterocycles. The fourth-order valence-electron chi connectivity index (χ4n) is 2.40. The summed E-state index contributed by atoms with van der Waals surface area (Å²) in [6.07, 6.45) is 0.934. The number of benzene rings is 1. The Kier molecular flexibility index (Phi) is 4.87. The number of piperazine rings is 1. The molecule has 2 rings (SSSR count). The van der Waals surface area contributed by atoms with Crippen LogP contribution >= 0.6 is 0 Å². The van der Waals surface area contributed by atoms with E-state index < -0.39 is 0 Å². The second-order valence-corrected chi connectivity index (χ2v) is 4.59. The first-order valence-corrected chi connectivity index (χ1v) is 6.51. The Balaban J connectivity index is 2.20. The fourth-order valence-corrected chi connectivity index (χ4v) is 2.40. The molecule has 5 nitrogen and oxygen atoms in total. The molecule has 0 aliphatic carbocycles. The maximum absolute atomic E-state index is 5.37. The summed E-state index contributed by atoms with van der Waals surface area (Å²) in [5.41, 5.74) is 1.18. The van der Waals surface area contributed by atoms with E-state index in [1.54, 1.807) is 21.3 Å². The van der Waals surface area contributed by atoms with E-state index in [9.17, 15) is 0 Å². The summed E-state index contributed by atoms with van der Waals surface area (Å²) in [6.45, 7) is 3.03. The molecule has 0 saturated carbocycles. The predicted molar refractivity (Wildman–Crippen MR) is 74.5 cm³/mol. The Labute approximate surface area is 114 Å². The molecule has 1 atom stereocenters. The van der Waals surface area contributed by atoms with Gasteiger partial charge in [0.05, 0.1) is 21.3 Å². The van der Waals surface area contributed by atoms with Crippen LogP contribution in [-0.4, -0.2) is 47.0 Å². The lowest BCUT2D eigenvalue weighted by Crippen LogP contribution is -2.49. The van der Waals surface area contributed by atoms with Gasteiger partial charge in [-0.1, -0.05) is 0 Å². The van der Waals surface area contributed by atoms with Gasteiger partial charge in [-0.15, -0.1) is 0 Å². The lowest BCUT2D eigenvalue weighted by atomic mass is 10.0. The zero-order valence-electron chi connectivity index (χ0n) is 11.8. The normalized spacial score (nSPS) is 19.0. The quantitative estimate of drug-likeness (QED) is 0.826. The fraction of sp³-hybridized carbons (Fsp3) is 0.571. The van der Waals surface area contributed by atoms with Crippen molar-refractivity contribution in [3.63, 3.8) is 0 Å². The van der Waals surface area contributed by atoms with Crippen molar-refractivity contribution in [2.75, 3.05) is 41.0 Å². The van der Waals surface area contributed by atoms with Gasteiger partial charge in [-0.2, -0.15) is 0 Å². The Morgan fingerprint density at radius 2 is 1.74 bits per heavy atom. The summed E-state index contributed by atoms with van der Waals surface area (Å²) >= 11 is 0. The van der Waals surface area contributed by atoms with Crippen molar-refractivity contribution in [3.8, 4) is 17.2 Å². The average Bonchev–Trinajstić information content (AvgIpc) is 2.47. The molecule has 19 heavy (non-hydrogen) atoms. The molecule has 1 aromatic carbocycles. The summed E-state index contributed by atoms with van der Waals surface area (Å²) < 4.78 is 16.1.